The molecule has 0 aliphatic carbocycles. The lowest BCUT2D eigenvalue weighted by molar-refractivity contribution is 1.09. The average molecular weight is 330 g/mol. The number of nitrogens with zero attached hydrogens (tertiary/aromatic N) is 2. The predicted molar refractivity (Wildman–Crippen MR) is 86.9 cm³/mol. The van der Waals surface area contributed by atoms with E-state index >= 15 is 0 Å². The number of aromatic nitrogens is 2. The number of anilines is 1. The van der Waals surface area contributed by atoms with E-state index in [1.165, 1.54) is 5.56 Å². The molecule has 0 unspecified atom stereocenters. The lowest BCUT2D eigenvalue weighted by Gasteiger charge is -2.07. The third-order valence-corrected chi connectivity index (χ3v) is 4.49. The monoisotopic (exact) mass is 329 g/mol. The second-order valence-corrected chi connectivity index (χ2v) is 5.67. The Morgan fingerprint density at radius 2 is 1.95 bits per heavy atom. The van der Waals surface area contributed by atoms with Gasteiger partial charge in [0, 0.05) is 15.7 Å². The lowest BCUT2D eigenvalue weighted by Crippen LogP contribution is -1.99. The molecule has 2 heterocycles. The van der Waals surface area contributed by atoms with Crippen molar-refractivity contribution in [1.29, 1.82) is 0 Å². The molecule has 0 amide bonds. The Labute approximate surface area is 126 Å². The van der Waals surface area contributed by atoms with Crippen LogP contribution in [0.15, 0.2) is 40.9 Å². The molecule has 0 aliphatic heterocycles. The number of benzene rings is 1. The maximum absolute atomic E-state index is 6.34. The van der Waals surface area contributed by atoms with Crippen LogP contribution in [0.2, 0.25) is 0 Å². The zero-order valence-corrected chi connectivity index (χ0v) is 13.1. The van der Waals surface area contributed by atoms with Crippen molar-refractivity contribution in [3.63, 3.8) is 0 Å². The first-order valence-electron chi connectivity index (χ1n) is 6.64. The van der Waals surface area contributed by atoms with Crippen LogP contribution in [0.3, 0.4) is 0 Å². The van der Waals surface area contributed by atoms with E-state index in [4.69, 9.17) is 10.7 Å². The van der Waals surface area contributed by atoms with Gasteiger partial charge in [0.15, 0.2) is 0 Å². The number of nitrogen functional groups attached to an aromatic ring is 1. The van der Waals surface area contributed by atoms with E-state index < -0.39 is 0 Å². The van der Waals surface area contributed by atoms with Crippen molar-refractivity contribution in [2.75, 3.05) is 5.73 Å². The maximum atomic E-state index is 6.34. The van der Waals surface area contributed by atoms with E-state index in [2.05, 4.69) is 41.1 Å². The summed E-state index contributed by atoms with van der Waals surface area (Å²) >= 11 is 3.54. The first kappa shape index (κ1) is 13.2. The molecule has 3 rings (SSSR count). The van der Waals surface area contributed by atoms with Crippen LogP contribution < -0.4 is 5.73 Å². The van der Waals surface area contributed by atoms with Gasteiger partial charge in [0.2, 0.25) is 0 Å². The molecular formula is C16H16BrN3. The van der Waals surface area contributed by atoms with Crippen molar-refractivity contribution in [1.82, 2.24) is 9.38 Å². The summed E-state index contributed by atoms with van der Waals surface area (Å²) < 4.78 is 3.02. The molecule has 2 N–H and O–H groups in total. The molecule has 20 heavy (non-hydrogen) atoms. The van der Waals surface area contributed by atoms with Crippen LogP contribution in [0, 0.1) is 6.92 Å². The van der Waals surface area contributed by atoms with Crippen molar-refractivity contribution in [3.8, 4) is 11.3 Å². The van der Waals surface area contributed by atoms with Crippen molar-refractivity contribution < 1.29 is 0 Å². The van der Waals surface area contributed by atoms with E-state index in [-0.39, 0.29) is 0 Å². The van der Waals surface area contributed by atoms with Crippen LogP contribution in [0.1, 0.15) is 18.2 Å². The Bertz CT molecular complexity index is 790. The van der Waals surface area contributed by atoms with Gasteiger partial charge >= 0.3 is 0 Å². The van der Waals surface area contributed by atoms with Gasteiger partial charge in [-0.1, -0.05) is 31.2 Å². The van der Waals surface area contributed by atoms with E-state index in [0.29, 0.717) is 5.82 Å². The fourth-order valence-corrected chi connectivity index (χ4v) is 2.86. The minimum Gasteiger partial charge on any atom is -0.383 e. The summed E-state index contributed by atoms with van der Waals surface area (Å²) in [7, 11) is 0. The highest BCUT2D eigenvalue weighted by atomic mass is 79.9. The Morgan fingerprint density at radius 3 is 2.70 bits per heavy atom. The molecule has 0 aliphatic rings. The van der Waals surface area contributed by atoms with Crippen molar-refractivity contribution in [3.05, 3.63) is 52.1 Å². The largest absolute Gasteiger partial charge is 0.383 e. The zero-order valence-electron chi connectivity index (χ0n) is 11.5. The quantitative estimate of drug-likeness (QED) is 0.765. The molecule has 0 bridgehead atoms. The molecule has 102 valence electrons. The summed E-state index contributed by atoms with van der Waals surface area (Å²) in [6.45, 7) is 4.18. The van der Waals surface area contributed by atoms with E-state index in [1.54, 1.807) is 0 Å². The van der Waals surface area contributed by atoms with E-state index in [1.807, 2.05) is 29.5 Å². The van der Waals surface area contributed by atoms with Crippen LogP contribution in [0.5, 0.6) is 0 Å². The molecule has 0 spiro atoms. The molecule has 0 atom stereocenters. The number of hydrogen-bond donors (Lipinski definition) is 1. The molecule has 4 heteroatoms. The normalized spacial score (nSPS) is 11.2. The Morgan fingerprint density at radius 1 is 1.20 bits per heavy atom. The maximum Gasteiger partial charge on any atom is 0.139 e. The Hall–Kier alpha value is -1.81. The van der Waals surface area contributed by atoms with Gasteiger partial charge in [-0.15, -0.1) is 0 Å². The number of aryl methyl sites for hydroxylation is 2. The number of fused-ring (bicyclic) bond motifs is 1. The van der Waals surface area contributed by atoms with Gasteiger partial charge in [0.05, 0.1) is 0 Å². The van der Waals surface area contributed by atoms with E-state index in [0.717, 1.165) is 33.5 Å². The number of halogens is 1. The fraction of sp³-hybridized carbons (Fsp3) is 0.188. The highest BCUT2D eigenvalue weighted by Gasteiger charge is 2.15. The molecule has 2 aromatic heterocycles. The summed E-state index contributed by atoms with van der Waals surface area (Å²) in [6.07, 6.45) is 0.964. The SMILES string of the molecule is CCc1ccccc1-c1nc2ccc(Br)c(C)n2c1N. The highest BCUT2D eigenvalue weighted by molar-refractivity contribution is 9.10. The highest BCUT2D eigenvalue weighted by Crippen LogP contribution is 2.31. The molecule has 0 radical (unpaired) electrons. The number of nitrogens with two attached hydrogens (primary N) is 1. The summed E-state index contributed by atoms with van der Waals surface area (Å²) in [4.78, 5) is 4.71. The summed E-state index contributed by atoms with van der Waals surface area (Å²) in [5.41, 5.74) is 11.5. The van der Waals surface area contributed by atoms with Gasteiger partial charge in [-0.3, -0.25) is 4.40 Å². The van der Waals surface area contributed by atoms with Crippen LogP contribution >= 0.6 is 15.9 Å². The Kier molecular flexibility index (Phi) is 3.26. The summed E-state index contributed by atoms with van der Waals surface area (Å²) in [6, 6.07) is 12.3. The Balaban J connectivity index is 2.33. The van der Waals surface area contributed by atoms with Crippen LogP contribution in [0.25, 0.3) is 16.9 Å². The summed E-state index contributed by atoms with van der Waals surface area (Å²) in [5, 5.41) is 0. The first-order chi connectivity index (χ1) is 9.63. The van der Waals surface area contributed by atoms with Crippen LogP contribution in [0.4, 0.5) is 5.82 Å². The molecule has 1 aromatic carbocycles. The van der Waals surface area contributed by atoms with Crippen molar-refractivity contribution >= 4 is 27.4 Å². The van der Waals surface area contributed by atoms with Crippen LogP contribution in [-0.2, 0) is 6.42 Å². The number of rotatable bonds is 2. The van der Waals surface area contributed by atoms with Gasteiger partial charge in [-0.25, -0.2) is 4.98 Å². The molecule has 3 aromatic rings. The molecule has 3 nitrogen and oxygen atoms in total. The van der Waals surface area contributed by atoms with Gasteiger partial charge in [0.25, 0.3) is 0 Å². The van der Waals surface area contributed by atoms with E-state index in [9.17, 15) is 0 Å². The zero-order chi connectivity index (χ0) is 14.3. The standard InChI is InChI=1S/C16H16BrN3/c1-3-11-6-4-5-7-12(11)15-16(18)20-10(2)13(17)8-9-14(20)19-15/h4-9H,3,18H2,1-2H3. The number of pyridine rings is 1. The summed E-state index contributed by atoms with van der Waals surface area (Å²) in [5.74, 6) is 0.694. The molecule has 0 saturated heterocycles. The predicted octanol–water partition coefficient (Wildman–Crippen LogP) is 4.22. The first-order valence-corrected chi connectivity index (χ1v) is 7.44. The third kappa shape index (κ3) is 1.91. The third-order valence-electron chi connectivity index (χ3n) is 3.65. The second kappa shape index (κ2) is 4.94. The van der Waals surface area contributed by atoms with Crippen molar-refractivity contribution in [2.24, 2.45) is 0 Å². The molecular weight excluding hydrogens is 314 g/mol. The van der Waals surface area contributed by atoms with Gasteiger partial charge < -0.3 is 5.73 Å². The van der Waals surface area contributed by atoms with Gasteiger partial charge in [-0.05, 0) is 47.0 Å². The number of hydrogen-bond acceptors (Lipinski definition) is 2. The minimum absolute atomic E-state index is 0.694. The second-order valence-electron chi connectivity index (χ2n) is 4.82. The fourth-order valence-electron chi connectivity index (χ4n) is 2.55. The lowest BCUT2D eigenvalue weighted by atomic mass is 10.0. The van der Waals surface area contributed by atoms with Gasteiger partial charge in [-0.2, -0.15) is 0 Å². The smallest absolute Gasteiger partial charge is 0.139 e. The number of imidazole rings is 1. The van der Waals surface area contributed by atoms with Gasteiger partial charge in [0.1, 0.15) is 17.2 Å². The van der Waals surface area contributed by atoms with Crippen molar-refractivity contribution in [2.45, 2.75) is 20.3 Å². The minimum atomic E-state index is 0.694. The molecule has 0 saturated carbocycles. The molecule has 0 fully saturated rings. The topological polar surface area (TPSA) is 43.3 Å². The van der Waals surface area contributed by atoms with Crippen LogP contribution in [-0.4, -0.2) is 9.38 Å². The average Bonchev–Trinajstić information content (AvgIpc) is 2.80.